The number of alkyl halides is 1. The van der Waals surface area contributed by atoms with Crippen molar-refractivity contribution >= 4 is 27.1 Å². The maximum atomic E-state index is 5.65. The van der Waals surface area contributed by atoms with Gasteiger partial charge >= 0.3 is 0 Å². The van der Waals surface area contributed by atoms with E-state index in [0.29, 0.717) is 0 Å². The van der Waals surface area contributed by atoms with E-state index in [4.69, 9.17) is 11.6 Å². The quantitative estimate of drug-likeness (QED) is 0.269. The first-order valence-corrected chi connectivity index (χ1v) is 2.87. The van der Waals surface area contributed by atoms with E-state index in [1.807, 2.05) is 6.08 Å². The number of allylic oxidation sites excluding steroid dienone is 1. The van der Waals surface area contributed by atoms with E-state index in [2.05, 4.69) is 14.2 Å². The molecular weight excluding hydrogens is 128 g/mol. The number of halogens is 1. The Labute approximate surface area is 49.7 Å². The van der Waals surface area contributed by atoms with Crippen LogP contribution in [0.4, 0.5) is 0 Å². The van der Waals surface area contributed by atoms with Gasteiger partial charge in [-0.1, -0.05) is 20.8 Å². The zero-order valence-electron chi connectivity index (χ0n) is 3.63. The van der Waals surface area contributed by atoms with Crippen LogP contribution < -0.4 is 0 Å². The normalized spacial score (nSPS) is 37.4. The molecule has 1 heterocycles. The fraction of sp³-hybridized carbons (Fsp3) is 0.250. The summed E-state index contributed by atoms with van der Waals surface area (Å²) in [6.07, 6.45) is 5.30. The standard InChI is InChI=1S/C4H5ClNP/c5-4(7)2-1-3-6-4/h1-3H,7H2. The summed E-state index contributed by atoms with van der Waals surface area (Å²) in [4.78, 5) is 3.86. The lowest BCUT2D eigenvalue weighted by Crippen LogP contribution is -1.96. The highest BCUT2D eigenvalue weighted by Gasteiger charge is 2.14. The summed E-state index contributed by atoms with van der Waals surface area (Å²) in [6.45, 7) is 0. The van der Waals surface area contributed by atoms with E-state index in [9.17, 15) is 0 Å². The minimum absolute atomic E-state index is 0.528. The minimum atomic E-state index is -0.528. The molecule has 0 radical (unpaired) electrons. The first kappa shape index (κ1) is 5.27. The van der Waals surface area contributed by atoms with Crippen molar-refractivity contribution in [1.82, 2.24) is 0 Å². The third-order valence-electron chi connectivity index (χ3n) is 0.688. The van der Waals surface area contributed by atoms with Crippen LogP contribution in [0.5, 0.6) is 0 Å². The van der Waals surface area contributed by atoms with Gasteiger partial charge in [-0.25, -0.2) is 0 Å². The molecule has 0 aromatic heterocycles. The number of hydrogen-bond donors (Lipinski definition) is 0. The molecule has 0 amide bonds. The van der Waals surface area contributed by atoms with Crippen molar-refractivity contribution in [1.29, 1.82) is 0 Å². The summed E-state index contributed by atoms with van der Waals surface area (Å²) < 4.78 is -0.528. The Morgan fingerprint density at radius 3 is 2.57 bits per heavy atom. The van der Waals surface area contributed by atoms with E-state index >= 15 is 0 Å². The van der Waals surface area contributed by atoms with Crippen LogP contribution >= 0.6 is 20.8 Å². The number of nitrogens with zero attached hydrogens (tertiary/aromatic N) is 1. The summed E-state index contributed by atoms with van der Waals surface area (Å²) in [5, 5.41) is 0. The minimum Gasteiger partial charge on any atom is -0.262 e. The molecule has 0 saturated carbocycles. The third kappa shape index (κ3) is 1.25. The molecule has 3 heteroatoms. The molecule has 2 unspecified atom stereocenters. The highest BCUT2D eigenvalue weighted by atomic mass is 35.5. The molecule has 1 rings (SSSR count). The van der Waals surface area contributed by atoms with Gasteiger partial charge in [0.1, 0.15) is 0 Å². The molecule has 7 heavy (non-hydrogen) atoms. The Kier molecular flexibility index (Phi) is 1.18. The van der Waals surface area contributed by atoms with Crippen molar-refractivity contribution in [3.05, 3.63) is 12.2 Å². The predicted octanol–water partition coefficient (Wildman–Crippen LogP) is 1.39. The number of hydrogen-bond acceptors (Lipinski definition) is 1. The average Bonchev–Trinajstić information content (AvgIpc) is 1.84. The van der Waals surface area contributed by atoms with E-state index in [0.717, 1.165) is 0 Å². The van der Waals surface area contributed by atoms with Gasteiger partial charge in [0.2, 0.25) is 0 Å². The molecule has 0 saturated heterocycles. The molecule has 0 aromatic rings. The van der Waals surface area contributed by atoms with Crippen molar-refractivity contribution in [2.24, 2.45) is 4.99 Å². The highest BCUT2D eigenvalue weighted by molar-refractivity contribution is 7.23. The summed E-state index contributed by atoms with van der Waals surface area (Å²) in [7, 11) is 2.41. The average molecular weight is 134 g/mol. The lowest BCUT2D eigenvalue weighted by Gasteiger charge is -2.03. The van der Waals surface area contributed by atoms with Crippen molar-refractivity contribution in [3.8, 4) is 0 Å². The van der Waals surface area contributed by atoms with Gasteiger partial charge in [0.15, 0.2) is 4.74 Å². The zero-order chi connectivity index (χ0) is 5.33. The van der Waals surface area contributed by atoms with Gasteiger partial charge in [-0.3, -0.25) is 4.99 Å². The molecule has 38 valence electrons. The Morgan fingerprint density at radius 1 is 1.71 bits per heavy atom. The smallest absolute Gasteiger partial charge is 0.164 e. The Bertz CT molecular complexity index is 114. The summed E-state index contributed by atoms with van der Waals surface area (Å²) in [5.41, 5.74) is 0. The molecule has 0 spiro atoms. The van der Waals surface area contributed by atoms with Crippen LogP contribution in [0, 0.1) is 0 Å². The van der Waals surface area contributed by atoms with E-state index < -0.39 is 4.74 Å². The third-order valence-corrected chi connectivity index (χ3v) is 1.25. The van der Waals surface area contributed by atoms with Crippen LogP contribution in [-0.4, -0.2) is 11.0 Å². The SMILES string of the molecule is PC1(Cl)C=CC=N1. The topological polar surface area (TPSA) is 12.4 Å². The molecular formula is C4H5ClNP. The maximum absolute atomic E-state index is 5.65. The zero-order valence-corrected chi connectivity index (χ0v) is 5.55. The predicted molar refractivity (Wildman–Crippen MR) is 35.9 cm³/mol. The molecule has 1 aliphatic rings. The van der Waals surface area contributed by atoms with E-state index in [1.165, 1.54) is 0 Å². The Balaban J connectivity index is 2.77. The van der Waals surface area contributed by atoms with Crippen molar-refractivity contribution in [2.75, 3.05) is 0 Å². The van der Waals surface area contributed by atoms with Gasteiger partial charge in [0.25, 0.3) is 0 Å². The van der Waals surface area contributed by atoms with Crippen LogP contribution in [0.2, 0.25) is 0 Å². The van der Waals surface area contributed by atoms with Crippen LogP contribution in [0.1, 0.15) is 0 Å². The van der Waals surface area contributed by atoms with E-state index in [1.54, 1.807) is 12.3 Å². The first-order valence-electron chi connectivity index (χ1n) is 1.91. The lowest BCUT2D eigenvalue weighted by atomic mass is 10.6. The largest absolute Gasteiger partial charge is 0.262 e. The second-order valence-corrected chi connectivity index (χ2v) is 3.22. The molecule has 1 aliphatic heterocycles. The molecule has 0 aliphatic carbocycles. The van der Waals surface area contributed by atoms with Gasteiger partial charge in [-0.05, 0) is 12.2 Å². The van der Waals surface area contributed by atoms with E-state index in [-0.39, 0.29) is 0 Å². The monoisotopic (exact) mass is 133 g/mol. The highest BCUT2D eigenvalue weighted by Crippen LogP contribution is 2.28. The molecule has 0 aromatic carbocycles. The van der Waals surface area contributed by atoms with Gasteiger partial charge < -0.3 is 0 Å². The molecule has 2 atom stereocenters. The fourth-order valence-corrected chi connectivity index (χ4v) is 0.705. The first-order chi connectivity index (χ1) is 3.21. The van der Waals surface area contributed by atoms with Crippen molar-refractivity contribution in [3.63, 3.8) is 0 Å². The van der Waals surface area contributed by atoms with Crippen LogP contribution in [0.3, 0.4) is 0 Å². The molecule has 0 fully saturated rings. The van der Waals surface area contributed by atoms with Crippen molar-refractivity contribution < 1.29 is 0 Å². The van der Waals surface area contributed by atoms with Gasteiger partial charge in [-0.15, -0.1) is 0 Å². The second-order valence-electron chi connectivity index (χ2n) is 1.36. The lowest BCUT2D eigenvalue weighted by molar-refractivity contribution is 1.10. The maximum Gasteiger partial charge on any atom is 0.164 e. The van der Waals surface area contributed by atoms with Gasteiger partial charge in [0.05, 0.1) is 0 Å². The summed E-state index contributed by atoms with van der Waals surface area (Å²) in [5.74, 6) is 0. The van der Waals surface area contributed by atoms with Gasteiger partial charge in [-0.2, -0.15) is 0 Å². The summed E-state index contributed by atoms with van der Waals surface area (Å²) in [6, 6.07) is 0. The number of rotatable bonds is 0. The number of aliphatic imine (C=N–C) groups is 1. The van der Waals surface area contributed by atoms with Crippen LogP contribution in [-0.2, 0) is 0 Å². The molecule has 1 nitrogen and oxygen atoms in total. The van der Waals surface area contributed by atoms with Crippen LogP contribution in [0.15, 0.2) is 17.1 Å². The Hall–Kier alpha value is 0.130. The Morgan fingerprint density at radius 2 is 2.43 bits per heavy atom. The summed E-state index contributed by atoms with van der Waals surface area (Å²) >= 11 is 5.65. The second kappa shape index (κ2) is 1.57. The molecule has 0 bridgehead atoms. The van der Waals surface area contributed by atoms with Crippen molar-refractivity contribution in [2.45, 2.75) is 4.74 Å². The van der Waals surface area contributed by atoms with Gasteiger partial charge in [0, 0.05) is 6.21 Å². The molecule has 0 N–H and O–H groups in total. The van der Waals surface area contributed by atoms with Crippen LogP contribution in [0.25, 0.3) is 0 Å². The fourth-order valence-electron chi connectivity index (χ4n) is 0.378.